The van der Waals surface area contributed by atoms with E-state index in [9.17, 15) is 4.39 Å². The van der Waals surface area contributed by atoms with Crippen LogP contribution in [-0.4, -0.2) is 16.6 Å². The summed E-state index contributed by atoms with van der Waals surface area (Å²) in [7, 11) is 0. The Morgan fingerprint density at radius 3 is 3.05 bits per heavy atom. The number of halogens is 2. The van der Waals surface area contributed by atoms with E-state index in [1.165, 1.54) is 6.07 Å². The molecule has 1 aliphatic rings. The molecule has 3 aromatic rings. The molecule has 2 aromatic carbocycles. The quantitative estimate of drug-likeness (QED) is 0.709. The largest absolute Gasteiger partial charge is 0.493 e. The Kier molecular flexibility index (Phi) is 2.96. The number of para-hydroxylation sites is 1. The average molecular weight is 347 g/mol. The number of fused-ring (bicyclic) bond motifs is 2. The van der Waals surface area contributed by atoms with Gasteiger partial charge in [0.1, 0.15) is 17.4 Å². The van der Waals surface area contributed by atoms with Crippen molar-refractivity contribution in [1.29, 1.82) is 0 Å². The van der Waals surface area contributed by atoms with Gasteiger partial charge in [-0.3, -0.25) is 0 Å². The van der Waals surface area contributed by atoms with E-state index in [-0.39, 0.29) is 11.7 Å². The number of ether oxygens (including phenoxy) is 1. The van der Waals surface area contributed by atoms with Crippen LogP contribution in [0, 0.1) is 5.82 Å². The van der Waals surface area contributed by atoms with Gasteiger partial charge in [-0.15, -0.1) is 0 Å². The highest BCUT2D eigenvalue weighted by Gasteiger charge is 2.25. The van der Waals surface area contributed by atoms with Crippen molar-refractivity contribution < 1.29 is 9.13 Å². The topological polar surface area (TPSA) is 37.9 Å². The third-order valence-corrected chi connectivity index (χ3v) is 4.44. The lowest BCUT2D eigenvalue weighted by molar-refractivity contribution is 0.275. The maximum Gasteiger partial charge on any atom is 0.139 e. The molecule has 0 saturated carbocycles. The van der Waals surface area contributed by atoms with Crippen LogP contribution in [0.1, 0.15) is 23.7 Å². The molecule has 0 spiro atoms. The number of nitrogens with zero attached hydrogens (tertiary/aromatic N) is 1. The lowest BCUT2D eigenvalue weighted by Crippen LogP contribution is -2.16. The zero-order valence-corrected chi connectivity index (χ0v) is 12.7. The summed E-state index contributed by atoms with van der Waals surface area (Å²) in [6.07, 6.45) is 0.862. The molecule has 0 saturated heterocycles. The number of hydrogen-bond acceptors (Lipinski definition) is 2. The minimum Gasteiger partial charge on any atom is -0.493 e. The fraction of sp³-hybridized carbons (Fsp3) is 0.188. The number of H-pyrrole nitrogens is 1. The van der Waals surface area contributed by atoms with Gasteiger partial charge in [-0.1, -0.05) is 18.2 Å². The Morgan fingerprint density at radius 2 is 2.14 bits per heavy atom. The first-order chi connectivity index (χ1) is 10.2. The van der Waals surface area contributed by atoms with Crippen molar-refractivity contribution in [3.8, 4) is 5.75 Å². The first-order valence-corrected chi connectivity index (χ1v) is 7.58. The number of hydrogen-bond donors (Lipinski definition) is 1. The average Bonchev–Trinajstić information content (AvgIpc) is 2.90. The van der Waals surface area contributed by atoms with Crippen molar-refractivity contribution in [3.05, 3.63) is 58.1 Å². The van der Waals surface area contributed by atoms with Gasteiger partial charge in [-0.25, -0.2) is 9.37 Å². The second-order valence-electron chi connectivity index (χ2n) is 5.13. The van der Waals surface area contributed by atoms with Gasteiger partial charge in [0.05, 0.1) is 22.1 Å². The first-order valence-electron chi connectivity index (χ1n) is 6.79. The van der Waals surface area contributed by atoms with Crippen LogP contribution in [0.5, 0.6) is 5.75 Å². The fourth-order valence-electron chi connectivity index (χ4n) is 2.82. The SMILES string of the molecule is Fc1cc2[nH]c(C3CCOc4ccccc43)nc2cc1Br. The zero-order valence-electron chi connectivity index (χ0n) is 11.1. The van der Waals surface area contributed by atoms with E-state index in [1.54, 1.807) is 6.07 Å². The van der Waals surface area contributed by atoms with Gasteiger partial charge in [-0.2, -0.15) is 0 Å². The molecule has 21 heavy (non-hydrogen) atoms. The Bertz CT molecular complexity index is 791. The Morgan fingerprint density at radius 1 is 1.29 bits per heavy atom. The maximum atomic E-state index is 13.6. The van der Waals surface area contributed by atoms with Gasteiger partial charge in [-0.05, 0) is 34.5 Å². The van der Waals surface area contributed by atoms with Crippen LogP contribution < -0.4 is 4.74 Å². The van der Waals surface area contributed by atoms with E-state index < -0.39 is 0 Å². The third kappa shape index (κ3) is 2.12. The zero-order chi connectivity index (χ0) is 14.4. The van der Waals surface area contributed by atoms with Crippen LogP contribution in [-0.2, 0) is 0 Å². The molecule has 1 atom stereocenters. The highest BCUT2D eigenvalue weighted by atomic mass is 79.9. The van der Waals surface area contributed by atoms with Crippen molar-refractivity contribution >= 4 is 27.0 Å². The Balaban J connectivity index is 1.84. The third-order valence-electron chi connectivity index (χ3n) is 3.83. The molecule has 0 bridgehead atoms. The van der Waals surface area contributed by atoms with E-state index in [0.717, 1.165) is 34.6 Å². The summed E-state index contributed by atoms with van der Waals surface area (Å²) < 4.78 is 19.7. The number of imidazole rings is 1. The highest BCUT2D eigenvalue weighted by molar-refractivity contribution is 9.10. The molecule has 5 heteroatoms. The molecular formula is C16H12BrFN2O. The predicted octanol–water partition coefficient (Wildman–Crippen LogP) is 4.38. The molecular weight excluding hydrogens is 335 g/mol. The lowest BCUT2D eigenvalue weighted by atomic mass is 9.92. The van der Waals surface area contributed by atoms with Crippen LogP contribution in [0.3, 0.4) is 0 Å². The number of rotatable bonds is 1. The monoisotopic (exact) mass is 346 g/mol. The van der Waals surface area contributed by atoms with E-state index in [4.69, 9.17) is 4.74 Å². The Hall–Kier alpha value is -1.88. The molecule has 1 aromatic heterocycles. The molecule has 3 nitrogen and oxygen atoms in total. The summed E-state index contributed by atoms with van der Waals surface area (Å²) in [5, 5.41) is 0. The predicted molar refractivity (Wildman–Crippen MR) is 82.1 cm³/mol. The van der Waals surface area contributed by atoms with Gasteiger partial charge in [0, 0.05) is 17.5 Å². The number of nitrogens with one attached hydrogen (secondary N) is 1. The van der Waals surface area contributed by atoms with Crippen molar-refractivity contribution in [2.45, 2.75) is 12.3 Å². The van der Waals surface area contributed by atoms with Gasteiger partial charge in [0.25, 0.3) is 0 Å². The summed E-state index contributed by atoms with van der Waals surface area (Å²) in [6, 6.07) is 11.2. The second kappa shape index (κ2) is 4.84. The van der Waals surface area contributed by atoms with Gasteiger partial charge < -0.3 is 9.72 Å². The normalized spacial score (nSPS) is 17.5. The fourth-order valence-corrected chi connectivity index (χ4v) is 3.15. The van der Waals surface area contributed by atoms with Crippen LogP contribution in [0.25, 0.3) is 11.0 Å². The molecule has 0 amide bonds. The van der Waals surface area contributed by atoms with Crippen LogP contribution in [0.2, 0.25) is 0 Å². The molecule has 1 N–H and O–H groups in total. The minimum atomic E-state index is -0.287. The molecule has 1 unspecified atom stereocenters. The highest BCUT2D eigenvalue weighted by Crippen LogP contribution is 2.37. The van der Waals surface area contributed by atoms with Crippen LogP contribution in [0.4, 0.5) is 4.39 Å². The molecule has 2 heterocycles. The van der Waals surface area contributed by atoms with Gasteiger partial charge in [0.2, 0.25) is 0 Å². The molecule has 0 radical (unpaired) electrons. The molecule has 0 aliphatic carbocycles. The first kappa shape index (κ1) is 12.8. The van der Waals surface area contributed by atoms with Crippen LogP contribution >= 0.6 is 15.9 Å². The summed E-state index contributed by atoms with van der Waals surface area (Å²) in [5.74, 6) is 1.63. The van der Waals surface area contributed by atoms with E-state index in [2.05, 4.69) is 32.0 Å². The molecule has 0 fully saturated rings. The summed E-state index contributed by atoms with van der Waals surface area (Å²) in [4.78, 5) is 7.88. The van der Waals surface area contributed by atoms with E-state index in [1.807, 2.05) is 18.2 Å². The van der Waals surface area contributed by atoms with Crippen molar-refractivity contribution in [2.75, 3.05) is 6.61 Å². The minimum absolute atomic E-state index is 0.157. The van der Waals surface area contributed by atoms with Gasteiger partial charge >= 0.3 is 0 Å². The second-order valence-corrected chi connectivity index (χ2v) is 5.99. The standard InChI is InChI=1S/C16H12BrFN2O/c17-11-7-13-14(8-12(11)18)20-16(19-13)10-5-6-21-15-4-2-1-3-9(10)15/h1-4,7-8,10H,5-6H2,(H,19,20). The number of aromatic amines is 1. The number of aromatic nitrogens is 2. The Labute approximate surface area is 129 Å². The summed E-state index contributed by atoms with van der Waals surface area (Å²) in [6.45, 7) is 0.663. The molecule has 4 rings (SSSR count). The maximum absolute atomic E-state index is 13.6. The summed E-state index contributed by atoms with van der Waals surface area (Å²) >= 11 is 3.20. The lowest BCUT2D eigenvalue weighted by Gasteiger charge is -2.24. The smallest absolute Gasteiger partial charge is 0.139 e. The number of benzene rings is 2. The van der Waals surface area contributed by atoms with Crippen molar-refractivity contribution in [3.63, 3.8) is 0 Å². The summed E-state index contributed by atoms with van der Waals surface area (Å²) in [5.41, 5.74) is 2.61. The molecule has 106 valence electrons. The van der Waals surface area contributed by atoms with E-state index in [0.29, 0.717) is 11.1 Å². The van der Waals surface area contributed by atoms with Gasteiger partial charge in [0.15, 0.2) is 0 Å². The van der Waals surface area contributed by atoms with E-state index >= 15 is 0 Å². The van der Waals surface area contributed by atoms with Crippen LogP contribution in [0.15, 0.2) is 40.9 Å². The van der Waals surface area contributed by atoms with Crippen molar-refractivity contribution in [1.82, 2.24) is 9.97 Å². The molecule has 1 aliphatic heterocycles. The van der Waals surface area contributed by atoms with Crippen molar-refractivity contribution in [2.24, 2.45) is 0 Å².